The van der Waals surface area contributed by atoms with Gasteiger partial charge in [-0.3, -0.25) is 4.79 Å². The largest absolute Gasteiger partial charge is 0.469 e. The zero-order valence-corrected chi connectivity index (χ0v) is 5.87. The van der Waals surface area contributed by atoms with Gasteiger partial charge in [0.2, 0.25) is 0 Å². The van der Waals surface area contributed by atoms with Crippen molar-refractivity contribution in [3.05, 3.63) is 0 Å². The first kappa shape index (κ1) is 7.25. The van der Waals surface area contributed by atoms with Crippen LogP contribution >= 0.6 is 0 Å². The third-order valence-corrected chi connectivity index (χ3v) is 1.90. The van der Waals surface area contributed by atoms with Crippen LogP contribution in [0.3, 0.4) is 0 Å². The smallest absolute Gasteiger partial charge is 0.308 e. The second-order valence-corrected chi connectivity index (χ2v) is 2.59. The minimum Gasteiger partial charge on any atom is -0.469 e. The van der Waals surface area contributed by atoms with Crippen molar-refractivity contribution < 1.29 is 14.3 Å². The quantitative estimate of drug-likeness (QED) is 0.413. The van der Waals surface area contributed by atoms with E-state index in [1.165, 1.54) is 7.11 Å². The number of hydrogen-bond donors (Lipinski definition) is 0. The number of carbonyl (C=O) groups excluding carboxylic acids is 2. The Morgan fingerprint density at radius 1 is 1.60 bits per heavy atom. The number of carbonyl (C=O) groups is 2. The number of hydrogen-bond acceptors (Lipinski definition) is 3. The molecule has 0 amide bonds. The number of aldehydes is 1. The summed E-state index contributed by atoms with van der Waals surface area (Å²) >= 11 is 0. The molecule has 1 aliphatic rings. The molecule has 0 aromatic heterocycles. The lowest BCUT2D eigenvalue weighted by molar-refractivity contribution is -0.150. The van der Waals surface area contributed by atoms with Gasteiger partial charge in [0.15, 0.2) is 0 Å². The standard InChI is InChI=1S/C7H10O3/c1-10-7(9)6-2-5(3-6)4-8/h4-6H,2-3H2,1H3/t5-,6+. The van der Waals surface area contributed by atoms with E-state index in [1.807, 2.05) is 0 Å². The molecule has 1 rings (SSSR count). The molecule has 0 aromatic rings. The van der Waals surface area contributed by atoms with Crippen LogP contribution in [-0.4, -0.2) is 19.4 Å². The molecule has 0 aromatic carbocycles. The van der Waals surface area contributed by atoms with Gasteiger partial charge in [0, 0.05) is 5.92 Å². The van der Waals surface area contributed by atoms with Gasteiger partial charge in [-0.1, -0.05) is 0 Å². The number of rotatable bonds is 2. The van der Waals surface area contributed by atoms with Gasteiger partial charge in [-0.2, -0.15) is 0 Å². The Balaban J connectivity index is 2.25. The summed E-state index contributed by atoms with van der Waals surface area (Å²) in [6.45, 7) is 0. The molecule has 0 atom stereocenters. The lowest BCUT2D eigenvalue weighted by Crippen LogP contribution is -2.31. The number of ether oxygens (including phenoxy) is 1. The van der Waals surface area contributed by atoms with Gasteiger partial charge in [-0.05, 0) is 12.8 Å². The maximum atomic E-state index is 10.7. The second-order valence-electron chi connectivity index (χ2n) is 2.59. The summed E-state index contributed by atoms with van der Waals surface area (Å²) < 4.78 is 4.49. The molecule has 10 heavy (non-hydrogen) atoms. The summed E-state index contributed by atoms with van der Waals surface area (Å²) in [5, 5.41) is 0. The molecule has 0 heterocycles. The molecule has 0 spiro atoms. The van der Waals surface area contributed by atoms with E-state index >= 15 is 0 Å². The third kappa shape index (κ3) is 1.17. The fourth-order valence-electron chi connectivity index (χ4n) is 1.13. The van der Waals surface area contributed by atoms with Gasteiger partial charge in [0.25, 0.3) is 0 Å². The van der Waals surface area contributed by atoms with Crippen molar-refractivity contribution in [3.8, 4) is 0 Å². The first-order valence-electron chi connectivity index (χ1n) is 3.31. The van der Waals surface area contributed by atoms with Gasteiger partial charge >= 0.3 is 5.97 Å². The van der Waals surface area contributed by atoms with Crippen molar-refractivity contribution >= 4 is 12.3 Å². The minimum absolute atomic E-state index is 0.0137. The molecule has 0 radical (unpaired) electrons. The van der Waals surface area contributed by atoms with E-state index < -0.39 is 0 Å². The van der Waals surface area contributed by atoms with Gasteiger partial charge in [-0.15, -0.1) is 0 Å². The molecule has 56 valence electrons. The summed E-state index contributed by atoms with van der Waals surface area (Å²) in [4.78, 5) is 20.8. The van der Waals surface area contributed by atoms with Crippen molar-refractivity contribution in [3.63, 3.8) is 0 Å². The second kappa shape index (κ2) is 2.82. The molecule has 0 bridgehead atoms. The SMILES string of the molecule is COC(=O)[C@H]1C[C@@H](C=O)C1. The molecule has 0 aliphatic heterocycles. The van der Waals surface area contributed by atoms with Gasteiger partial charge in [0.05, 0.1) is 13.0 Å². The minimum atomic E-state index is -0.182. The first-order chi connectivity index (χ1) is 4.77. The predicted molar refractivity (Wildman–Crippen MR) is 34.3 cm³/mol. The first-order valence-corrected chi connectivity index (χ1v) is 3.31. The van der Waals surface area contributed by atoms with Crippen molar-refractivity contribution in [2.45, 2.75) is 12.8 Å². The zero-order chi connectivity index (χ0) is 7.56. The van der Waals surface area contributed by atoms with E-state index in [1.54, 1.807) is 0 Å². The Kier molecular flexibility index (Phi) is 2.04. The van der Waals surface area contributed by atoms with E-state index in [2.05, 4.69) is 4.74 Å². The van der Waals surface area contributed by atoms with Crippen molar-refractivity contribution in [1.29, 1.82) is 0 Å². The van der Waals surface area contributed by atoms with Crippen LogP contribution in [0.15, 0.2) is 0 Å². The highest BCUT2D eigenvalue weighted by Gasteiger charge is 2.34. The molecule has 0 N–H and O–H groups in total. The fraction of sp³-hybridized carbons (Fsp3) is 0.714. The Labute approximate surface area is 59.4 Å². The fourth-order valence-corrected chi connectivity index (χ4v) is 1.13. The van der Waals surface area contributed by atoms with Crippen LogP contribution in [0.25, 0.3) is 0 Å². The molecule has 3 nitrogen and oxygen atoms in total. The highest BCUT2D eigenvalue weighted by atomic mass is 16.5. The van der Waals surface area contributed by atoms with E-state index in [0.29, 0.717) is 12.8 Å². The topological polar surface area (TPSA) is 43.4 Å². The predicted octanol–water partition coefficient (Wildman–Crippen LogP) is 0.384. The summed E-state index contributed by atoms with van der Waals surface area (Å²) in [5.74, 6) is -0.0950. The van der Waals surface area contributed by atoms with Crippen LogP contribution in [-0.2, 0) is 14.3 Å². The molecular formula is C7H10O3. The van der Waals surface area contributed by atoms with Crippen molar-refractivity contribution in [1.82, 2.24) is 0 Å². The van der Waals surface area contributed by atoms with E-state index in [0.717, 1.165) is 6.29 Å². The third-order valence-electron chi connectivity index (χ3n) is 1.90. The molecule has 0 saturated heterocycles. The van der Waals surface area contributed by atoms with Crippen LogP contribution in [0, 0.1) is 11.8 Å². The Bertz CT molecular complexity index is 147. The summed E-state index contributed by atoms with van der Waals surface area (Å²) in [6.07, 6.45) is 2.26. The highest BCUT2D eigenvalue weighted by molar-refractivity contribution is 5.75. The molecule has 3 heteroatoms. The van der Waals surface area contributed by atoms with Crippen molar-refractivity contribution in [2.75, 3.05) is 7.11 Å². The van der Waals surface area contributed by atoms with Crippen LogP contribution in [0.1, 0.15) is 12.8 Å². The Morgan fingerprint density at radius 3 is 2.60 bits per heavy atom. The lowest BCUT2D eigenvalue weighted by atomic mass is 9.76. The molecule has 1 fully saturated rings. The molecule has 1 saturated carbocycles. The molecule has 1 aliphatic carbocycles. The summed E-state index contributed by atoms with van der Waals surface area (Å²) in [6, 6.07) is 0. The maximum Gasteiger partial charge on any atom is 0.308 e. The maximum absolute atomic E-state index is 10.7. The lowest BCUT2D eigenvalue weighted by Gasteiger charge is -2.28. The zero-order valence-electron chi connectivity index (χ0n) is 5.87. The Hall–Kier alpha value is -0.860. The molecular weight excluding hydrogens is 132 g/mol. The number of methoxy groups -OCH3 is 1. The van der Waals surface area contributed by atoms with Crippen LogP contribution in [0.2, 0.25) is 0 Å². The number of esters is 1. The monoisotopic (exact) mass is 142 g/mol. The van der Waals surface area contributed by atoms with Crippen LogP contribution < -0.4 is 0 Å². The molecule has 0 unspecified atom stereocenters. The highest BCUT2D eigenvalue weighted by Crippen LogP contribution is 2.32. The summed E-state index contributed by atoms with van der Waals surface area (Å²) in [5.41, 5.74) is 0. The van der Waals surface area contributed by atoms with E-state index in [9.17, 15) is 9.59 Å². The van der Waals surface area contributed by atoms with Crippen molar-refractivity contribution in [2.24, 2.45) is 11.8 Å². The van der Waals surface area contributed by atoms with E-state index in [-0.39, 0.29) is 17.8 Å². The summed E-state index contributed by atoms with van der Waals surface area (Å²) in [7, 11) is 1.37. The average Bonchev–Trinajstić information content (AvgIpc) is 1.85. The van der Waals surface area contributed by atoms with Gasteiger partial charge in [0.1, 0.15) is 6.29 Å². The normalized spacial score (nSPS) is 30.5. The Morgan fingerprint density at radius 2 is 2.20 bits per heavy atom. The van der Waals surface area contributed by atoms with Gasteiger partial charge < -0.3 is 9.53 Å². The van der Waals surface area contributed by atoms with Crippen LogP contribution in [0.4, 0.5) is 0 Å². The van der Waals surface area contributed by atoms with E-state index in [4.69, 9.17) is 0 Å². The average molecular weight is 142 g/mol. The van der Waals surface area contributed by atoms with Gasteiger partial charge in [-0.25, -0.2) is 0 Å². The van der Waals surface area contributed by atoms with Crippen LogP contribution in [0.5, 0.6) is 0 Å².